The van der Waals surface area contributed by atoms with E-state index in [2.05, 4.69) is 15.5 Å². The van der Waals surface area contributed by atoms with Crippen LogP contribution in [0.5, 0.6) is 0 Å². The molecule has 154 valence electrons. The van der Waals surface area contributed by atoms with E-state index in [1.807, 2.05) is 37.3 Å². The molecule has 0 radical (unpaired) electrons. The van der Waals surface area contributed by atoms with Crippen LogP contribution < -0.4 is 11.1 Å². The zero-order valence-electron chi connectivity index (χ0n) is 16.8. The van der Waals surface area contributed by atoms with Gasteiger partial charge in [0.15, 0.2) is 11.7 Å². The zero-order valence-corrected chi connectivity index (χ0v) is 16.8. The molecular weight excluding hydrogens is 392 g/mol. The van der Waals surface area contributed by atoms with E-state index in [1.165, 1.54) is 0 Å². The molecule has 0 aromatic heterocycles. The molecule has 1 heterocycles. The first-order valence-electron chi connectivity index (χ1n) is 9.59. The van der Waals surface area contributed by atoms with Crippen molar-refractivity contribution in [2.45, 2.75) is 6.92 Å². The Balaban J connectivity index is 1.80. The lowest BCUT2D eigenvalue weighted by Crippen LogP contribution is -2.48. The average molecular weight is 412 g/mol. The lowest BCUT2D eigenvalue weighted by Gasteiger charge is -2.29. The van der Waals surface area contributed by atoms with Crippen LogP contribution in [0.2, 0.25) is 0 Å². The number of amidine groups is 2. The van der Waals surface area contributed by atoms with Gasteiger partial charge in [0.1, 0.15) is 0 Å². The van der Waals surface area contributed by atoms with Gasteiger partial charge in [-0.3, -0.25) is 0 Å². The maximum Gasteiger partial charge on any atom is 0.348 e. The summed E-state index contributed by atoms with van der Waals surface area (Å²) in [6, 6.07) is 24.0. The third-order valence-electron chi connectivity index (χ3n) is 4.64. The Morgan fingerprint density at radius 2 is 1.23 bits per heavy atom. The first-order valence-corrected chi connectivity index (χ1v) is 9.59. The lowest BCUT2D eigenvalue weighted by molar-refractivity contribution is 0.222. The largest absolute Gasteiger partial charge is 0.350 e. The van der Waals surface area contributed by atoms with Gasteiger partial charge in [-0.05, 0) is 18.6 Å². The minimum Gasteiger partial charge on any atom is -0.350 e. The first-order chi connectivity index (χ1) is 15.0. The van der Waals surface area contributed by atoms with E-state index in [0.29, 0.717) is 16.8 Å². The number of hydrazone groups is 2. The number of carbonyl (C=O) groups excluding carboxylic acids is 2. The summed E-state index contributed by atoms with van der Waals surface area (Å²) in [5.41, 5.74) is 8.32. The number of nitrogens with one attached hydrogen (secondary N) is 1. The third kappa shape index (κ3) is 4.13. The second-order valence-corrected chi connectivity index (χ2v) is 6.79. The van der Waals surface area contributed by atoms with Crippen molar-refractivity contribution in [3.8, 4) is 0 Å². The van der Waals surface area contributed by atoms with Crippen LogP contribution in [0.15, 0.2) is 95.1 Å². The van der Waals surface area contributed by atoms with Crippen LogP contribution in [0.4, 0.5) is 15.3 Å². The van der Waals surface area contributed by atoms with Gasteiger partial charge in [-0.15, -0.1) is 10.2 Å². The molecule has 0 spiro atoms. The SMILES string of the molecule is Cc1ccccc1NC(=O)N1N=C(c2ccccc2)N(C(N)=O)N=C1c1ccccc1. The molecule has 3 N–H and O–H groups in total. The Kier molecular flexibility index (Phi) is 5.44. The van der Waals surface area contributed by atoms with E-state index in [9.17, 15) is 9.59 Å². The van der Waals surface area contributed by atoms with Gasteiger partial charge in [0.2, 0.25) is 0 Å². The number of urea groups is 2. The number of nitrogens with zero attached hydrogens (tertiary/aromatic N) is 4. The van der Waals surface area contributed by atoms with Gasteiger partial charge in [0.05, 0.1) is 0 Å². The number of benzene rings is 3. The summed E-state index contributed by atoms with van der Waals surface area (Å²) < 4.78 is 0. The first kappa shape index (κ1) is 19.8. The fourth-order valence-corrected chi connectivity index (χ4v) is 3.08. The molecule has 0 atom stereocenters. The van der Waals surface area contributed by atoms with E-state index in [4.69, 9.17) is 5.73 Å². The number of primary amides is 1. The summed E-state index contributed by atoms with van der Waals surface area (Å²) >= 11 is 0. The molecule has 1 aliphatic rings. The Bertz CT molecular complexity index is 1170. The van der Waals surface area contributed by atoms with Crippen molar-refractivity contribution >= 4 is 29.4 Å². The molecule has 0 bridgehead atoms. The van der Waals surface area contributed by atoms with E-state index < -0.39 is 12.1 Å². The Hall–Kier alpha value is -4.46. The second-order valence-electron chi connectivity index (χ2n) is 6.79. The molecular formula is C23H20N6O2. The molecule has 0 aliphatic carbocycles. The number of hydrogen-bond acceptors (Lipinski definition) is 4. The van der Waals surface area contributed by atoms with Crippen LogP contribution in [0.25, 0.3) is 0 Å². The minimum atomic E-state index is -0.810. The van der Waals surface area contributed by atoms with Crippen LogP contribution in [0.1, 0.15) is 16.7 Å². The van der Waals surface area contributed by atoms with Crippen LogP contribution in [-0.2, 0) is 0 Å². The quantitative estimate of drug-likeness (QED) is 0.680. The standard InChI is InChI=1S/C23H20N6O2/c1-16-10-8-9-15-19(16)25-23(31)29-21(18-13-6-3-7-14-18)26-28(22(24)30)20(27-29)17-11-4-2-5-12-17/h2-15H,1H3,(H2,24,30)(H,25,31). The summed E-state index contributed by atoms with van der Waals surface area (Å²) in [7, 11) is 0. The molecule has 0 saturated carbocycles. The van der Waals surface area contributed by atoms with Gasteiger partial charge in [-0.25, -0.2) is 9.59 Å². The molecule has 3 aromatic rings. The Morgan fingerprint density at radius 1 is 0.742 bits per heavy atom. The topological polar surface area (TPSA) is 103 Å². The molecule has 3 aromatic carbocycles. The minimum absolute atomic E-state index is 0.146. The van der Waals surface area contributed by atoms with Gasteiger partial charge in [0.25, 0.3) is 0 Å². The lowest BCUT2D eigenvalue weighted by atomic mass is 10.2. The van der Waals surface area contributed by atoms with Crippen molar-refractivity contribution in [3.05, 3.63) is 102 Å². The summed E-state index contributed by atoms with van der Waals surface area (Å²) in [5, 5.41) is 13.9. The number of nitrogens with two attached hydrogens (primary N) is 1. The number of rotatable bonds is 3. The van der Waals surface area contributed by atoms with Crippen molar-refractivity contribution in [3.63, 3.8) is 0 Å². The summed E-state index contributed by atoms with van der Waals surface area (Å²) in [6.07, 6.45) is 0. The highest BCUT2D eigenvalue weighted by molar-refractivity contribution is 6.16. The van der Waals surface area contributed by atoms with E-state index in [-0.39, 0.29) is 11.7 Å². The summed E-state index contributed by atoms with van der Waals surface area (Å²) in [6.45, 7) is 1.89. The summed E-state index contributed by atoms with van der Waals surface area (Å²) in [5.74, 6) is 0.317. The third-order valence-corrected chi connectivity index (χ3v) is 4.64. The van der Waals surface area contributed by atoms with E-state index in [1.54, 1.807) is 54.6 Å². The van der Waals surface area contributed by atoms with Crippen molar-refractivity contribution in [2.24, 2.45) is 15.9 Å². The smallest absolute Gasteiger partial charge is 0.348 e. The average Bonchev–Trinajstić information content (AvgIpc) is 2.80. The number of aryl methyl sites for hydroxylation is 1. The highest BCUT2D eigenvalue weighted by Gasteiger charge is 2.32. The van der Waals surface area contributed by atoms with Crippen molar-refractivity contribution in [1.29, 1.82) is 0 Å². The molecule has 0 fully saturated rings. The van der Waals surface area contributed by atoms with Gasteiger partial charge in [-0.2, -0.15) is 10.0 Å². The van der Waals surface area contributed by atoms with E-state index >= 15 is 0 Å². The van der Waals surface area contributed by atoms with Gasteiger partial charge >= 0.3 is 12.1 Å². The molecule has 4 amide bonds. The van der Waals surface area contributed by atoms with Crippen LogP contribution in [0.3, 0.4) is 0 Å². The van der Waals surface area contributed by atoms with Crippen LogP contribution in [-0.4, -0.2) is 33.8 Å². The van der Waals surface area contributed by atoms with Gasteiger partial charge in [-0.1, -0.05) is 78.9 Å². The maximum absolute atomic E-state index is 13.2. The Labute approximate surface area is 179 Å². The van der Waals surface area contributed by atoms with E-state index in [0.717, 1.165) is 15.6 Å². The van der Waals surface area contributed by atoms with Crippen molar-refractivity contribution < 1.29 is 9.59 Å². The number of anilines is 1. The highest BCUT2D eigenvalue weighted by atomic mass is 16.2. The predicted molar refractivity (Wildman–Crippen MR) is 119 cm³/mol. The van der Waals surface area contributed by atoms with Crippen molar-refractivity contribution in [1.82, 2.24) is 10.0 Å². The molecule has 1 aliphatic heterocycles. The normalized spacial score (nSPS) is 13.3. The fraction of sp³-hybridized carbons (Fsp3) is 0.0435. The van der Waals surface area contributed by atoms with Crippen molar-refractivity contribution in [2.75, 3.05) is 5.32 Å². The number of hydrogen-bond donors (Lipinski definition) is 2. The number of amides is 4. The molecule has 8 nitrogen and oxygen atoms in total. The fourth-order valence-electron chi connectivity index (χ4n) is 3.08. The molecule has 0 unspecified atom stereocenters. The number of para-hydroxylation sites is 1. The van der Waals surface area contributed by atoms with Crippen LogP contribution >= 0.6 is 0 Å². The molecule has 31 heavy (non-hydrogen) atoms. The van der Waals surface area contributed by atoms with Gasteiger partial charge < -0.3 is 11.1 Å². The van der Waals surface area contributed by atoms with Crippen LogP contribution in [0, 0.1) is 6.92 Å². The molecule has 8 heteroatoms. The monoisotopic (exact) mass is 412 g/mol. The predicted octanol–water partition coefficient (Wildman–Crippen LogP) is 3.95. The highest BCUT2D eigenvalue weighted by Crippen LogP contribution is 2.20. The summed E-state index contributed by atoms with van der Waals surface area (Å²) in [4.78, 5) is 25.4. The molecule has 0 saturated heterocycles. The molecule has 4 rings (SSSR count). The number of carbonyl (C=O) groups is 2. The van der Waals surface area contributed by atoms with Gasteiger partial charge in [0, 0.05) is 16.8 Å². The maximum atomic E-state index is 13.2. The zero-order chi connectivity index (χ0) is 21.8. The Morgan fingerprint density at radius 3 is 1.77 bits per heavy atom. The second kappa shape index (κ2) is 8.50.